The van der Waals surface area contributed by atoms with Crippen molar-refractivity contribution in [2.24, 2.45) is 0 Å². The molecule has 0 aliphatic heterocycles. The first-order valence-corrected chi connectivity index (χ1v) is 4.65. The van der Waals surface area contributed by atoms with Crippen LogP contribution < -0.4 is 10.1 Å². The van der Waals surface area contributed by atoms with E-state index in [4.69, 9.17) is 9.84 Å². The van der Waals surface area contributed by atoms with Gasteiger partial charge < -0.3 is 15.2 Å². The molecule has 82 valence electrons. The molecule has 1 rings (SSSR count). The van der Waals surface area contributed by atoms with Crippen molar-refractivity contribution < 1.29 is 14.6 Å². The molecule has 0 aliphatic carbocycles. The standard InChI is InChI=1S/C11H15NO3/c1-7-8(2)10(15-3)5-4-9(7)12-11(14)6-13/h4-5,13H,6H2,1-3H3,(H,12,14). The van der Waals surface area contributed by atoms with Gasteiger partial charge in [-0.1, -0.05) is 0 Å². The summed E-state index contributed by atoms with van der Waals surface area (Å²) in [5.41, 5.74) is 2.62. The summed E-state index contributed by atoms with van der Waals surface area (Å²) in [5, 5.41) is 11.2. The number of carbonyl (C=O) groups is 1. The Morgan fingerprint density at radius 3 is 2.60 bits per heavy atom. The largest absolute Gasteiger partial charge is 0.496 e. The number of ether oxygens (including phenoxy) is 1. The van der Waals surface area contributed by atoms with Crippen LogP contribution in [0.25, 0.3) is 0 Å². The minimum atomic E-state index is -0.509. The number of anilines is 1. The Kier molecular flexibility index (Phi) is 3.68. The first-order chi connectivity index (χ1) is 7.10. The van der Waals surface area contributed by atoms with Gasteiger partial charge in [0.05, 0.1) is 7.11 Å². The highest BCUT2D eigenvalue weighted by atomic mass is 16.5. The fourth-order valence-corrected chi connectivity index (χ4v) is 1.34. The number of carbonyl (C=O) groups excluding carboxylic acids is 1. The summed E-state index contributed by atoms with van der Waals surface area (Å²) in [6, 6.07) is 3.55. The van der Waals surface area contributed by atoms with Gasteiger partial charge in [0, 0.05) is 5.69 Å². The molecule has 0 saturated carbocycles. The molecule has 2 N–H and O–H groups in total. The van der Waals surface area contributed by atoms with Crippen molar-refractivity contribution in [3.05, 3.63) is 23.3 Å². The minimum Gasteiger partial charge on any atom is -0.496 e. The first-order valence-electron chi connectivity index (χ1n) is 4.65. The van der Waals surface area contributed by atoms with Gasteiger partial charge in [0.15, 0.2) is 0 Å². The van der Waals surface area contributed by atoms with Crippen LogP contribution in [-0.2, 0) is 4.79 Å². The molecule has 0 aliphatic rings. The molecule has 0 bridgehead atoms. The zero-order valence-corrected chi connectivity index (χ0v) is 9.13. The van der Waals surface area contributed by atoms with Crippen LogP contribution in [0.5, 0.6) is 5.75 Å². The number of hydrogen-bond acceptors (Lipinski definition) is 3. The van der Waals surface area contributed by atoms with Crippen molar-refractivity contribution in [3.8, 4) is 5.75 Å². The third-order valence-electron chi connectivity index (χ3n) is 2.38. The molecule has 1 aromatic carbocycles. The molecular weight excluding hydrogens is 194 g/mol. The lowest BCUT2D eigenvalue weighted by Gasteiger charge is -2.12. The SMILES string of the molecule is COc1ccc(NC(=O)CO)c(C)c1C. The molecule has 0 fully saturated rings. The molecule has 1 amide bonds. The van der Waals surface area contributed by atoms with Gasteiger partial charge in [-0.25, -0.2) is 0 Å². The molecule has 0 saturated heterocycles. The van der Waals surface area contributed by atoms with E-state index in [-0.39, 0.29) is 0 Å². The van der Waals surface area contributed by atoms with Crippen LogP contribution in [0.1, 0.15) is 11.1 Å². The predicted molar refractivity (Wildman–Crippen MR) is 58.2 cm³/mol. The smallest absolute Gasteiger partial charge is 0.250 e. The Hall–Kier alpha value is -1.55. The predicted octanol–water partition coefficient (Wildman–Crippen LogP) is 1.24. The van der Waals surface area contributed by atoms with Crippen LogP contribution in [0.2, 0.25) is 0 Å². The molecule has 4 nitrogen and oxygen atoms in total. The second kappa shape index (κ2) is 4.79. The summed E-state index contributed by atoms with van der Waals surface area (Å²) in [4.78, 5) is 11.0. The number of rotatable bonds is 3. The average molecular weight is 209 g/mol. The quantitative estimate of drug-likeness (QED) is 0.787. The number of benzene rings is 1. The minimum absolute atomic E-state index is 0.414. The lowest BCUT2D eigenvalue weighted by Crippen LogP contribution is -2.16. The van der Waals surface area contributed by atoms with E-state index in [1.165, 1.54) is 0 Å². The van der Waals surface area contributed by atoms with Gasteiger partial charge in [0.1, 0.15) is 12.4 Å². The van der Waals surface area contributed by atoms with Gasteiger partial charge >= 0.3 is 0 Å². The maximum Gasteiger partial charge on any atom is 0.250 e. The number of aliphatic hydroxyl groups is 1. The van der Waals surface area contributed by atoms with Gasteiger partial charge in [-0.3, -0.25) is 4.79 Å². The third kappa shape index (κ3) is 2.47. The number of hydrogen-bond donors (Lipinski definition) is 2. The van der Waals surface area contributed by atoms with Crippen molar-refractivity contribution >= 4 is 11.6 Å². The summed E-state index contributed by atoms with van der Waals surface area (Å²) >= 11 is 0. The van der Waals surface area contributed by atoms with Crippen LogP contribution in [0.15, 0.2) is 12.1 Å². The number of methoxy groups -OCH3 is 1. The maximum atomic E-state index is 11.0. The molecule has 0 radical (unpaired) electrons. The Balaban J connectivity index is 3.01. The molecule has 0 aromatic heterocycles. The topological polar surface area (TPSA) is 58.6 Å². The Morgan fingerprint density at radius 1 is 1.40 bits per heavy atom. The summed E-state index contributed by atoms with van der Waals surface area (Å²) in [7, 11) is 1.60. The van der Waals surface area contributed by atoms with E-state index >= 15 is 0 Å². The van der Waals surface area contributed by atoms with E-state index in [2.05, 4.69) is 5.32 Å². The molecule has 0 spiro atoms. The summed E-state index contributed by atoms with van der Waals surface area (Å²) in [6.45, 7) is 3.30. The fraction of sp³-hybridized carbons (Fsp3) is 0.364. The Bertz CT molecular complexity index is 374. The van der Waals surface area contributed by atoms with Crippen molar-refractivity contribution in [2.75, 3.05) is 19.0 Å². The maximum absolute atomic E-state index is 11.0. The summed E-state index contributed by atoms with van der Waals surface area (Å²) in [6.07, 6.45) is 0. The lowest BCUT2D eigenvalue weighted by molar-refractivity contribution is -0.118. The van der Waals surface area contributed by atoms with E-state index in [9.17, 15) is 4.79 Å². The molecule has 0 heterocycles. The zero-order valence-electron chi connectivity index (χ0n) is 9.13. The average Bonchev–Trinajstić information content (AvgIpc) is 2.25. The highest BCUT2D eigenvalue weighted by Crippen LogP contribution is 2.26. The van der Waals surface area contributed by atoms with Crippen LogP contribution in [0.3, 0.4) is 0 Å². The van der Waals surface area contributed by atoms with E-state index in [1.54, 1.807) is 19.2 Å². The molecule has 0 unspecified atom stereocenters. The third-order valence-corrected chi connectivity index (χ3v) is 2.38. The van der Waals surface area contributed by atoms with Crippen LogP contribution in [0, 0.1) is 13.8 Å². The van der Waals surface area contributed by atoms with Gasteiger partial charge in [-0.15, -0.1) is 0 Å². The van der Waals surface area contributed by atoms with Gasteiger partial charge in [0.2, 0.25) is 5.91 Å². The van der Waals surface area contributed by atoms with Crippen molar-refractivity contribution in [2.45, 2.75) is 13.8 Å². The van der Waals surface area contributed by atoms with E-state index in [1.807, 2.05) is 13.8 Å². The van der Waals surface area contributed by atoms with Crippen LogP contribution in [-0.4, -0.2) is 24.7 Å². The second-order valence-electron chi connectivity index (χ2n) is 3.27. The number of nitrogens with one attached hydrogen (secondary N) is 1. The van der Waals surface area contributed by atoms with Crippen molar-refractivity contribution in [1.82, 2.24) is 0 Å². The van der Waals surface area contributed by atoms with E-state index in [0.29, 0.717) is 5.69 Å². The molecular formula is C11H15NO3. The van der Waals surface area contributed by atoms with Gasteiger partial charge in [-0.2, -0.15) is 0 Å². The normalized spacial score (nSPS) is 9.87. The van der Waals surface area contributed by atoms with Crippen molar-refractivity contribution in [3.63, 3.8) is 0 Å². The second-order valence-corrected chi connectivity index (χ2v) is 3.27. The summed E-state index contributed by atoms with van der Waals surface area (Å²) < 4.78 is 5.15. The number of amides is 1. The van der Waals surface area contributed by atoms with E-state index in [0.717, 1.165) is 16.9 Å². The fourth-order valence-electron chi connectivity index (χ4n) is 1.34. The molecule has 0 atom stereocenters. The Labute approximate surface area is 88.9 Å². The number of aliphatic hydroxyl groups excluding tert-OH is 1. The Morgan fingerprint density at radius 2 is 2.07 bits per heavy atom. The summed E-state index contributed by atoms with van der Waals surface area (Å²) in [5.74, 6) is 0.372. The monoisotopic (exact) mass is 209 g/mol. The zero-order chi connectivity index (χ0) is 11.4. The van der Waals surface area contributed by atoms with Crippen LogP contribution >= 0.6 is 0 Å². The highest BCUT2D eigenvalue weighted by molar-refractivity contribution is 5.92. The first kappa shape index (κ1) is 11.5. The van der Waals surface area contributed by atoms with Crippen molar-refractivity contribution in [1.29, 1.82) is 0 Å². The molecule has 1 aromatic rings. The van der Waals surface area contributed by atoms with Gasteiger partial charge in [-0.05, 0) is 37.1 Å². The molecule has 15 heavy (non-hydrogen) atoms. The van der Waals surface area contributed by atoms with Crippen LogP contribution in [0.4, 0.5) is 5.69 Å². The van der Waals surface area contributed by atoms with Gasteiger partial charge in [0.25, 0.3) is 0 Å². The lowest BCUT2D eigenvalue weighted by atomic mass is 10.1. The highest BCUT2D eigenvalue weighted by Gasteiger charge is 2.08. The molecule has 4 heteroatoms. The van der Waals surface area contributed by atoms with E-state index < -0.39 is 12.5 Å².